The van der Waals surface area contributed by atoms with Crippen LogP contribution in [-0.4, -0.2) is 17.3 Å². The van der Waals surface area contributed by atoms with E-state index in [4.69, 9.17) is 27.9 Å². The second-order valence-electron chi connectivity index (χ2n) is 1.99. The molecule has 1 aromatic heterocycles. The first-order valence-corrected chi connectivity index (χ1v) is 3.80. The number of carbonyl (C=O) groups excluding carboxylic acids is 1. The molecule has 0 saturated heterocycles. The van der Waals surface area contributed by atoms with Crippen LogP contribution < -0.4 is 4.74 Å². The fourth-order valence-corrected chi connectivity index (χ4v) is 1.03. The molecule has 1 aromatic rings. The normalized spacial score (nSPS) is 9.58. The van der Waals surface area contributed by atoms with E-state index in [1.54, 1.807) is 0 Å². The molecule has 64 valence electrons. The minimum absolute atomic E-state index is 0.252. The number of rotatable bonds is 2. The number of methoxy groups -OCH3 is 1. The van der Waals surface area contributed by atoms with Crippen molar-refractivity contribution in [2.45, 2.75) is 0 Å². The molecule has 0 N–H and O–H groups in total. The van der Waals surface area contributed by atoms with Crippen molar-refractivity contribution in [3.63, 3.8) is 0 Å². The van der Waals surface area contributed by atoms with Crippen molar-refractivity contribution in [2.75, 3.05) is 7.11 Å². The van der Waals surface area contributed by atoms with Crippen LogP contribution >= 0.6 is 23.2 Å². The van der Waals surface area contributed by atoms with Gasteiger partial charge < -0.3 is 4.74 Å². The van der Waals surface area contributed by atoms with Crippen molar-refractivity contribution in [1.29, 1.82) is 0 Å². The Morgan fingerprint density at radius 3 is 2.75 bits per heavy atom. The predicted octanol–water partition coefficient (Wildman–Crippen LogP) is 2.12. The van der Waals surface area contributed by atoms with Crippen molar-refractivity contribution in [2.24, 2.45) is 0 Å². The standard InChI is InChI=1S/C7H5Cl2NO2/c1-12-7-5(8)2-4(3-10-7)6(9)11/h2-3H,1H3. The monoisotopic (exact) mass is 205 g/mol. The van der Waals surface area contributed by atoms with Crippen LogP contribution in [0.1, 0.15) is 10.4 Å². The molecule has 12 heavy (non-hydrogen) atoms. The molecule has 0 aromatic carbocycles. The maximum atomic E-state index is 10.6. The Labute approximate surface area is 79.3 Å². The Balaban J connectivity index is 3.10. The third-order valence-electron chi connectivity index (χ3n) is 1.23. The van der Waals surface area contributed by atoms with E-state index >= 15 is 0 Å². The number of hydrogen-bond donors (Lipinski definition) is 0. The number of aromatic nitrogens is 1. The zero-order valence-corrected chi connectivity index (χ0v) is 7.69. The lowest BCUT2D eigenvalue weighted by molar-refractivity contribution is 0.108. The summed E-state index contributed by atoms with van der Waals surface area (Å²) in [5.74, 6) is 0.276. The predicted molar refractivity (Wildman–Crippen MR) is 46.0 cm³/mol. The van der Waals surface area contributed by atoms with Crippen LogP contribution in [0.15, 0.2) is 12.3 Å². The highest BCUT2D eigenvalue weighted by molar-refractivity contribution is 6.67. The minimum Gasteiger partial charge on any atom is -0.480 e. The van der Waals surface area contributed by atoms with Crippen LogP contribution in [0.4, 0.5) is 0 Å². The second-order valence-corrected chi connectivity index (χ2v) is 2.74. The maximum absolute atomic E-state index is 10.6. The van der Waals surface area contributed by atoms with Crippen LogP contribution in [-0.2, 0) is 0 Å². The van der Waals surface area contributed by atoms with Gasteiger partial charge in [-0.2, -0.15) is 0 Å². The molecule has 0 spiro atoms. The van der Waals surface area contributed by atoms with Gasteiger partial charge in [-0.05, 0) is 17.7 Å². The Morgan fingerprint density at radius 1 is 1.67 bits per heavy atom. The van der Waals surface area contributed by atoms with E-state index in [0.717, 1.165) is 0 Å². The molecule has 0 unspecified atom stereocenters. The molecule has 0 bridgehead atoms. The van der Waals surface area contributed by atoms with E-state index in [9.17, 15) is 4.79 Å². The fourth-order valence-electron chi connectivity index (χ4n) is 0.683. The van der Waals surface area contributed by atoms with Gasteiger partial charge in [-0.3, -0.25) is 4.79 Å². The highest BCUT2D eigenvalue weighted by atomic mass is 35.5. The maximum Gasteiger partial charge on any atom is 0.254 e. The van der Waals surface area contributed by atoms with Gasteiger partial charge in [0.2, 0.25) is 5.88 Å². The van der Waals surface area contributed by atoms with E-state index in [-0.39, 0.29) is 16.5 Å². The van der Waals surface area contributed by atoms with Gasteiger partial charge in [0, 0.05) is 6.20 Å². The summed E-state index contributed by atoms with van der Waals surface area (Å²) in [4.78, 5) is 14.4. The van der Waals surface area contributed by atoms with Crippen LogP contribution in [0.25, 0.3) is 0 Å². The van der Waals surface area contributed by atoms with Crippen molar-refractivity contribution >= 4 is 28.4 Å². The SMILES string of the molecule is COc1ncc(C(=O)Cl)cc1Cl. The molecule has 1 rings (SSSR count). The van der Waals surface area contributed by atoms with Crippen molar-refractivity contribution in [3.05, 3.63) is 22.8 Å². The average Bonchev–Trinajstić information content (AvgIpc) is 2.04. The molecular formula is C7H5Cl2NO2. The van der Waals surface area contributed by atoms with Gasteiger partial charge in [0.25, 0.3) is 5.24 Å². The molecule has 0 aliphatic heterocycles. The molecular weight excluding hydrogens is 201 g/mol. The van der Waals surface area contributed by atoms with Crippen molar-refractivity contribution in [1.82, 2.24) is 4.98 Å². The van der Waals surface area contributed by atoms with E-state index in [1.165, 1.54) is 19.4 Å². The lowest BCUT2D eigenvalue weighted by atomic mass is 10.3. The molecule has 0 aliphatic rings. The van der Waals surface area contributed by atoms with Gasteiger partial charge in [-0.25, -0.2) is 4.98 Å². The Morgan fingerprint density at radius 2 is 2.33 bits per heavy atom. The van der Waals surface area contributed by atoms with Gasteiger partial charge in [0.1, 0.15) is 5.02 Å². The highest BCUT2D eigenvalue weighted by Crippen LogP contribution is 2.22. The molecule has 0 fully saturated rings. The molecule has 0 amide bonds. The number of nitrogens with zero attached hydrogens (tertiary/aromatic N) is 1. The smallest absolute Gasteiger partial charge is 0.254 e. The number of carbonyl (C=O) groups is 1. The molecule has 3 nitrogen and oxygen atoms in total. The Hall–Kier alpha value is -0.800. The van der Waals surface area contributed by atoms with E-state index in [0.29, 0.717) is 0 Å². The topological polar surface area (TPSA) is 39.2 Å². The lowest BCUT2D eigenvalue weighted by Gasteiger charge is -2.00. The summed E-state index contributed by atoms with van der Waals surface area (Å²) in [6.45, 7) is 0. The van der Waals surface area contributed by atoms with Gasteiger partial charge in [-0.15, -0.1) is 0 Å². The summed E-state index contributed by atoms with van der Waals surface area (Å²) in [6, 6.07) is 1.41. The summed E-state index contributed by atoms with van der Waals surface area (Å²) in [5.41, 5.74) is 0.252. The summed E-state index contributed by atoms with van der Waals surface area (Å²) in [5, 5.41) is -0.323. The minimum atomic E-state index is -0.591. The first kappa shape index (κ1) is 9.29. The van der Waals surface area contributed by atoms with Crippen molar-refractivity contribution in [3.8, 4) is 5.88 Å². The van der Waals surface area contributed by atoms with Crippen molar-refractivity contribution < 1.29 is 9.53 Å². The van der Waals surface area contributed by atoms with Gasteiger partial charge in [0.15, 0.2) is 0 Å². The molecule has 0 saturated carbocycles. The van der Waals surface area contributed by atoms with Crippen LogP contribution in [0.3, 0.4) is 0 Å². The Bertz CT molecular complexity index is 314. The zero-order chi connectivity index (χ0) is 9.14. The first-order chi connectivity index (χ1) is 5.65. The van der Waals surface area contributed by atoms with Gasteiger partial charge in [-0.1, -0.05) is 11.6 Å². The largest absolute Gasteiger partial charge is 0.480 e. The quantitative estimate of drug-likeness (QED) is 0.695. The van der Waals surface area contributed by atoms with Crippen LogP contribution in [0.2, 0.25) is 5.02 Å². The number of ether oxygens (including phenoxy) is 1. The van der Waals surface area contributed by atoms with E-state index < -0.39 is 5.24 Å². The van der Waals surface area contributed by atoms with Crippen LogP contribution in [0.5, 0.6) is 5.88 Å². The Kier molecular flexibility index (Phi) is 2.89. The number of halogens is 2. The molecule has 0 atom stereocenters. The zero-order valence-electron chi connectivity index (χ0n) is 6.17. The molecule has 5 heteroatoms. The fraction of sp³-hybridized carbons (Fsp3) is 0.143. The molecule has 0 radical (unpaired) electrons. The molecule has 0 aliphatic carbocycles. The second kappa shape index (κ2) is 3.74. The third kappa shape index (κ3) is 1.87. The summed E-state index contributed by atoms with van der Waals surface area (Å²) in [7, 11) is 1.44. The third-order valence-corrected chi connectivity index (χ3v) is 1.72. The van der Waals surface area contributed by atoms with E-state index in [2.05, 4.69) is 4.98 Å². The van der Waals surface area contributed by atoms with Gasteiger partial charge >= 0.3 is 0 Å². The summed E-state index contributed by atoms with van der Waals surface area (Å²) >= 11 is 10.9. The van der Waals surface area contributed by atoms with E-state index in [1.807, 2.05) is 0 Å². The lowest BCUT2D eigenvalue weighted by Crippen LogP contribution is -1.93. The highest BCUT2D eigenvalue weighted by Gasteiger charge is 2.07. The average molecular weight is 206 g/mol. The van der Waals surface area contributed by atoms with Gasteiger partial charge in [0.05, 0.1) is 12.7 Å². The number of hydrogen-bond acceptors (Lipinski definition) is 3. The van der Waals surface area contributed by atoms with Crippen LogP contribution in [0, 0.1) is 0 Å². The summed E-state index contributed by atoms with van der Waals surface area (Å²) < 4.78 is 4.78. The molecule has 1 heterocycles. The first-order valence-electron chi connectivity index (χ1n) is 3.04. The number of pyridine rings is 1. The summed E-state index contributed by atoms with van der Waals surface area (Å²) in [6.07, 6.45) is 1.31.